The number of carbonyl (C=O) groups excluding carboxylic acids is 3. The van der Waals surface area contributed by atoms with Crippen molar-refractivity contribution in [1.29, 1.82) is 0 Å². The topological polar surface area (TPSA) is 87.7 Å². The van der Waals surface area contributed by atoms with Crippen LogP contribution in [0.2, 0.25) is 0 Å². The molecule has 2 heterocycles. The summed E-state index contributed by atoms with van der Waals surface area (Å²) in [5.41, 5.74) is 1.23. The molecule has 2 aliphatic rings. The summed E-state index contributed by atoms with van der Waals surface area (Å²) in [5, 5.41) is 5.73. The fraction of sp³-hybridized carbons (Fsp3) is 0.375. The van der Waals surface area contributed by atoms with E-state index in [1.807, 2.05) is 17.0 Å². The molecule has 2 aliphatic heterocycles. The number of carbonyl (C=O) groups is 3. The van der Waals surface area contributed by atoms with Gasteiger partial charge in [0.1, 0.15) is 0 Å². The van der Waals surface area contributed by atoms with Gasteiger partial charge in [-0.1, -0.05) is 31.0 Å². The Morgan fingerprint density at radius 2 is 1.52 bits per heavy atom. The van der Waals surface area contributed by atoms with E-state index in [0.717, 1.165) is 44.3 Å². The molecule has 1 saturated heterocycles. The van der Waals surface area contributed by atoms with Crippen molar-refractivity contribution in [3.63, 3.8) is 0 Å². The van der Waals surface area contributed by atoms with Gasteiger partial charge in [-0.25, -0.2) is 9.59 Å². The van der Waals surface area contributed by atoms with Crippen LogP contribution in [0.25, 0.3) is 0 Å². The van der Waals surface area contributed by atoms with E-state index < -0.39 is 17.5 Å². The number of hydrogen-bond donors (Lipinski definition) is 2. The van der Waals surface area contributed by atoms with Crippen molar-refractivity contribution in [3.8, 4) is 0 Å². The van der Waals surface area contributed by atoms with Crippen LogP contribution in [0.4, 0.5) is 16.2 Å². The number of cyclic esters (lactones) is 1. The highest BCUT2D eigenvalue weighted by molar-refractivity contribution is 6.02. The molecule has 1 atom stereocenters. The molecule has 0 saturated carbocycles. The second-order valence-corrected chi connectivity index (χ2v) is 8.32. The molecule has 1 fully saturated rings. The quantitative estimate of drug-likeness (QED) is 0.727. The Hall–Kier alpha value is -3.35. The molecule has 7 heteroatoms. The second-order valence-electron chi connectivity index (χ2n) is 8.32. The number of hydrogen-bond acceptors (Lipinski definition) is 4. The van der Waals surface area contributed by atoms with Crippen molar-refractivity contribution in [2.75, 3.05) is 23.7 Å². The average Bonchev–Trinajstić information content (AvgIpc) is 3.05. The minimum Gasteiger partial charge on any atom is -0.445 e. The van der Waals surface area contributed by atoms with Gasteiger partial charge in [-0.05, 0) is 55.7 Å². The molecule has 162 valence electrons. The summed E-state index contributed by atoms with van der Waals surface area (Å²) in [6, 6.07) is 14.0. The molecule has 2 aromatic rings. The Balaban J connectivity index is 1.38. The summed E-state index contributed by atoms with van der Waals surface area (Å²) in [6.45, 7) is 3.17. The zero-order valence-corrected chi connectivity index (χ0v) is 17.6. The van der Waals surface area contributed by atoms with E-state index in [4.69, 9.17) is 4.74 Å². The second kappa shape index (κ2) is 8.79. The Morgan fingerprint density at radius 3 is 2.19 bits per heavy atom. The van der Waals surface area contributed by atoms with Gasteiger partial charge in [0.2, 0.25) is 0 Å². The molecular weight excluding hydrogens is 394 g/mol. The Morgan fingerprint density at radius 1 is 0.903 bits per heavy atom. The van der Waals surface area contributed by atoms with Gasteiger partial charge in [0.25, 0.3) is 5.91 Å². The molecule has 0 aromatic heterocycles. The highest BCUT2D eigenvalue weighted by Gasteiger charge is 2.42. The van der Waals surface area contributed by atoms with Crippen molar-refractivity contribution in [2.45, 2.75) is 44.6 Å². The summed E-state index contributed by atoms with van der Waals surface area (Å²) >= 11 is 0. The van der Waals surface area contributed by atoms with Crippen molar-refractivity contribution in [3.05, 3.63) is 59.7 Å². The maximum Gasteiger partial charge on any atom is 0.339 e. The molecule has 0 aliphatic carbocycles. The Labute approximate surface area is 181 Å². The number of nitrogens with zero attached hydrogens (tertiary/aromatic N) is 1. The first-order valence-corrected chi connectivity index (χ1v) is 10.7. The third-order valence-corrected chi connectivity index (χ3v) is 5.85. The lowest BCUT2D eigenvalue weighted by molar-refractivity contribution is -0.134. The van der Waals surface area contributed by atoms with Crippen LogP contribution in [-0.4, -0.2) is 41.5 Å². The maximum atomic E-state index is 12.9. The Bertz CT molecular complexity index is 981. The first-order chi connectivity index (χ1) is 14.9. The number of nitrogens with one attached hydrogen (secondary N) is 2. The fourth-order valence-electron chi connectivity index (χ4n) is 4.04. The zero-order valence-electron chi connectivity index (χ0n) is 17.6. The van der Waals surface area contributed by atoms with Gasteiger partial charge in [-0.15, -0.1) is 0 Å². The van der Waals surface area contributed by atoms with Crippen LogP contribution in [-0.2, 0) is 16.0 Å². The van der Waals surface area contributed by atoms with Crippen LogP contribution in [0, 0.1) is 0 Å². The van der Waals surface area contributed by atoms with Gasteiger partial charge in [0.15, 0.2) is 5.60 Å². The summed E-state index contributed by atoms with van der Waals surface area (Å²) in [5.74, 6) is -0.886. The first kappa shape index (κ1) is 20.9. The normalized spacial score (nSPS) is 20.8. The standard InChI is InChI=1S/C24H27N3O4/c1-24(16-17-8-4-5-9-20(17)21(28)31-24)22(29)25-18-10-12-19(13-11-18)26-23(30)27-14-6-2-3-7-15-27/h4-5,8-13H,2-3,6-7,14-16H2,1H3,(H,25,29)(H,26,30). The number of fused-ring (bicyclic) bond motifs is 1. The van der Waals surface area contributed by atoms with Gasteiger partial charge in [0.05, 0.1) is 5.56 Å². The van der Waals surface area contributed by atoms with Crippen molar-refractivity contribution >= 4 is 29.3 Å². The molecule has 0 spiro atoms. The predicted octanol–water partition coefficient (Wildman–Crippen LogP) is 4.20. The number of rotatable bonds is 3. The Kier molecular flexibility index (Phi) is 5.93. The molecule has 0 radical (unpaired) electrons. The number of esters is 1. The van der Waals surface area contributed by atoms with Crippen LogP contribution in [0.5, 0.6) is 0 Å². The van der Waals surface area contributed by atoms with Gasteiger partial charge < -0.3 is 20.3 Å². The predicted molar refractivity (Wildman–Crippen MR) is 118 cm³/mol. The number of ether oxygens (including phenoxy) is 1. The number of amides is 3. The SMILES string of the molecule is CC1(C(=O)Nc2ccc(NC(=O)N3CCCCCC3)cc2)Cc2ccccc2C(=O)O1. The van der Waals surface area contributed by atoms with Gasteiger partial charge in [-0.2, -0.15) is 0 Å². The molecule has 0 bridgehead atoms. The van der Waals surface area contributed by atoms with Crippen molar-refractivity contribution in [2.24, 2.45) is 0 Å². The van der Waals surface area contributed by atoms with E-state index in [-0.39, 0.29) is 6.03 Å². The summed E-state index contributed by atoms with van der Waals surface area (Å²) in [7, 11) is 0. The average molecular weight is 421 g/mol. The smallest absolute Gasteiger partial charge is 0.339 e. The van der Waals surface area contributed by atoms with Crippen LogP contribution >= 0.6 is 0 Å². The largest absolute Gasteiger partial charge is 0.445 e. The molecule has 31 heavy (non-hydrogen) atoms. The highest BCUT2D eigenvalue weighted by Crippen LogP contribution is 2.29. The van der Waals surface area contributed by atoms with E-state index in [1.165, 1.54) is 0 Å². The minimum atomic E-state index is -1.29. The first-order valence-electron chi connectivity index (χ1n) is 10.7. The van der Waals surface area contributed by atoms with Gasteiger partial charge in [-0.3, -0.25) is 4.79 Å². The molecular formula is C24H27N3O4. The van der Waals surface area contributed by atoms with E-state index in [9.17, 15) is 14.4 Å². The van der Waals surface area contributed by atoms with E-state index in [1.54, 1.807) is 43.3 Å². The van der Waals surface area contributed by atoms with Crippen LogP contribution in [0.15, 0.2) is 48.5 Å². The van der Waals surface area contributed by atoms with Crippen molar-refractivity contribution in [1.82, 2.24) is 4.90 Å². The summed E-state index contributed by atoms with van der Waals surface area (Å²) < 4.78 is 5.47. The summed E-state index contributed by atoms with van der Waals surface area (Å²) in [4.78, 5) is 39.5. The van der Waals surface area contributed by atoms with E-state index >= 15 is 0 Å². The number of benzene rings is 2. The van der Waals surface area contributed by atoms with Gasteiger partial charge in [0, 0.05) is 30.9 Å². The number of urea groups is 1. The van der Waals surface area contributed by atoms with Gasteiger partial charge >= 0.3 is 12.0 Å². The lowest BCUT2D eigenvalue weighted by atomic mass is 9.89. The molecule has 1 unspecified atom stereocenters. The molecule has 7 nitrogen and oxygen atoms in total. The lowest BCUT2D eigenvalue weighted by Gasteiger charge is -2.33. The molecule has 4 rings (SSSR count). The third-order valence-electron chi connectivity index (χ3n) is 5.85. The fourth-order valence-corrected chi connectivity index (χ4v) is 4.04. The molecule has 3 amide bonds. The van der Waals surface area contributed by atoms with Crippen LogP contribution in [0.1, 0.15) is 48.5 Å². The molecule has 2 aromatic carbocycles. The minimum absolute atomic E-state index is 0.0982. The third kappa shape index (κ3) is 4.71. The maximum absolute atomic E-state index is 12.9. The number of likely N-dealkylation sites (tertiary alicyclic amines) is 1. The lowest BCUT2D eigenvalue weighted by Crippen LogP contribution is -2.48. The monoisotopic (exact) mass is 421 g/mol. The van der Waals surface area contributed by atoms with Crippen LogP contribution < -0.4 is 10.6 Å². The summed E-state index contributed by atoms with van der Waals surface area (Å²) in [6.07, 6.45) is 4.71. The van der Waals surface area contributed by atoms with Crippen LogP contribution in [0.3, 0.4) is 0 Å². The van der Waals surface area contributed by atoms with E-state index in [0.29, 0.717) is 23.4 Å². The zero-order chi connectivity index (χ0) is 21.8. The van der Waals surface area contributed by atoms with E-state index in [2.05, 4.69) is 10.6 Å². The number of anilines is 2. The van der Waals surface area contributed by atoms with Crippen molar-refractivity contribution < 1.29 is 19.1 Å². The highest BCUT2D eigenvalue weighted by atomic mass is 16.6. The molecule has 2 N–H and O–H groups in total.